The highest BCUT2D eigenvalue weighted by molar-refractivity contribution is 5.97. The fraction of sp³-hybridized carbons (Fsp3) is 0.650. The van der Waals surface area contributed by atoms with Crippen molar-refractivity contribution in [3.8, 4) is 5.75 Å². The van der Waals surface area contributed by atoms with Gasteiger partial charge in [-0.05, 0) is 82.9 Å². The van der Waals surface area contributed by atoms with Gasteiger partial charge in [0.25, 0.3) is 0 Å². The molecule has 0 radical (unpaired) electrons. The fourth-order valence-corrected chi connectivity index (χ4v) is 9.07. The molecule has 2 aliphatic carbocycles. The maximum absolute atomic E-state index is 13.6. The summed E-state index contributed by atoms with van der Waals surface area (Å²) in [5.41, 5.74) is -7.16. The molecule has 10 atom stereocenters. The van der Waals surface area contributed by atoms with Crippen LogP contribution in [0.5, 0.6) is 5.75 Å². The van der Waals surface area contributed by atoms with Crippen LogP contribution in [0.25, 0.3) is 0 Å². The second-order valence-electron chi connectivity index (χ2n) is 15.2. The number of carbonyl (C=O) groups is 4. The van der Waals surface area contributed by atoms with E-state index in [-0.39, 0.29) is 38.5 Å². The molecule has 2 amide bonds. The number of benzene rings is 1. The molecule has 0 saturated carbocycles. The van der Waals surface area contributed by atoms with Crippen LogP contribution in [0.3, 0.4) is 0 Å². The van der Waals surface area contributed by atoms with Crippen molar-refractivity contribution >= 4 is 23.8 Å². The summed E-state index contributed by atoms with van der Waals surface area (Å²) in [5.74, 6) is -5.11. The second kappa shape index (κ2) is 17.9. The molecule has 306 valence electrons. The minimum Gasteiger partial charge on any atom is -0.497 e. The van der Waals surface area contributed by atoms with Crippen molar-refractivity contribution < 1.29 is 64.0 Å². The van der Waals surface area contributed by atoms with E-state index in [9.17, 15) is 44.7 Å². The van der Waals surface area contributed by atoms with Gasteiger partial charge in [-0.15, -0.1) is 0 Å². The van der Waals surface area contributed by atoms with Crippen LogP contribution in [0.4, 0.5) is 0 Å². The third-order valence-corrected chi connectivity index (χ3v) is 12.2. The standard InChI is InChI=1S/C24H33NO7.C16H25NO6/c1-23(30)19(13-14-26)21(28)25(15-16-9-11-18(31-2)12-10-16)24(23,22(29)32-3)20(27)17-7-5-4-6-8-17;1-15(22)11(8-9-18)13(20)17-16(15,14(21)23-2)12(19)10-6-4-3-5-7-10/h5,7,9-12,17,19-20,26-27,30H,4,6,8,13-15H2,1-3H3;4,6,10-12,18-19,22H,3,5,7-9H2,1-2H3,(H,17,20)/t17-,19+,20+,23+,24+;10-,11+,12+,15+,16+/m11/s1. The molecule has 0 spiro atoms. The number of likely N-dealkylation sites (tertiary alicyclic amines) is 1. The molecule has 15 heteroatoms. The topological polar surface area (TPSA) is 233 Å². The van der Waals surface area contributed by atoms with Crippen LogP contribution in [0.2, 0.25) is 0 Å². The second-order valence-corrected chi connectivity index (χ2v) is 15.2. The number of methoxy groups -OCH3 is 3. The third kappa shape index (κ3) is 7.66. The summed E-state index contributed by atoms with van der Waals surface area (Å²) < 4.78 is 15.1. The summed E-state index contributed by atoms with van der Waals surface area (Å²) in [5, 5.41) is 66.4. The maximum atomic E-state index is 13.6. The molecular weight excluding hydrogens is 716 g/mol. The van der Waals surface area contributed by atoms with E-state index in [1.165, 1.54) is 25.9 Å². The number of nitrogens with one attached hydrogen (secondary N) is 1. The molecule has 15 nitrogen and oxygen atoms in total. The number of carbonyl (C=O) groups excluding carboxylic acids is 4. The van der Waals surface area contributed by atoms with Crippen molar-refractivity contribution in [1.82, 2.24) is 10.2 Å². The molecule has 2 saturated heterocycles. The molecule has 1 aromatic carbocycles. The molecular formula is C40H58N2O13. The van der Waals surface area contributed by atoms with Crippen molar-refractivity contribution in [2.45, 2.75) is 106 Å². The van der Waals surface area contributed by atoms with Gasteiger partial charge in [-0.1, -0.05) is 36.4 Å². The quantitative estimate of drug-likeness (QED) is 0.109. The number of aliphatic hydroxyl groups excluding tert-OH is 4. The zero-order chi connectivity index (χ0) is 40.8. The minimum absolute atomic E-state index is 0.00912. The smallest absolute Gasteiger partial charge is 0.337 e. The van der Waals surface area contributed by atoms with Crippen molar-refractivity contribution in [3.05, 3.63) is 54.1 Å². The van der Waals surface area contributed by atoms with Gasteiger partial charge in [0.05, 0.1) is 45.4 Å². The Labute approximate surface area is 322 Å². The molecule has 4 aliphatic rings. The number of esters is 2. The van der Waals surface area contributed by atoms with Crippen molar-refractivity contribution in [3.63, 3.8) is 0 Å². The van der Waals surface area contributed by atoms with Gasteiger partial charge >= 0.3 is 11.9 Å². The van der Waals surface area contributed by atoms with Gasteiger partial charge < -0.3 is 55.1 Å². The Bertz CT molecular complexity index is 1580. The van der Waals surface area contributed by atoms with Gasteiger partial charge in [0.2, 0.25) is 11.8 Å². The highest BCUT2D eigenvalue weighted by Crippen LogP contribution is 2.51. The minimum atomic E-state index is -2.04. The van der Waals surface area contributed by atoms with Crippen LogP contribution >= 0.6 is 0 Å². The highest BCUT2D eigenvalue weighted by atomic mass is 16.5. The van der Waals surface area contributed by atoms with Crippen molar-refractivity contribution in [1.29, 1.82) is 0 Å². The van der Waals surface area contributed by atoms with Gasteiger partial charge in [0, 0.05) is 31.6 Å². The van der Waals surface area contributed by atoms with Gasteiger partial charge in [-0.3, -0.25) is 9.59 Å². The number of amides is 2. The Kier molecular flexibility index (Phi) is 14.3. The predicted molar refractivity (Wildman–Crippen MR) is 198 cm³/mol. The number of hydrogen-bond acceptors (Lipinski definition) is 13. The largest absolute Gasteiger partial charge is 0.497 e. The number of allylic oxidation sites excluding steroid dienone is 2. The lowest BCUT2D eigenvalue weighted by Crippen LogP contribution is -2.71. The zero-order valence-corrected chi connectivity index (χ0v) is 32.3. The van der Waals surface area contributed by atoms with E-state index in [4.69, 9.17) is 19.3 Å². The molecule has 5 rings (SSSR count). The molecule has 2 heterocycles. The first-order chi connectivity index (χ1) is 26.1. The molecule has 2 fully saturated rings. The molecule has 0 aromatic heterocycles. The van der Waals surface area contributed by atoms with Gasteiger partial charge in [0.1, 0.15) is 17.0 Å². The lowest BCUT2D eigenvalue weighted by Gasteiger charge is -2.48. The summed E-state index contributed by atoms with van der Waals surface area (Å²) in [7, 11) is 3.88. The van der Waals surface area contributed by atoms with Crippen molar-refractivity contribution in [2.75, 3.05) is 34.5 Å². The maximum Gasteiger partial charge on any atom is 0.337 e. The van der Waals surface area contributed by atoms with E-state index in [0.29, 0.717) is 24.2 Å². The average molecular weight is 775 g/mol. The normalized spacial score (nSPS) is 34.0. The predicted octanol–water partition coefficient (Wildman–Crippen LogP) is 0.911. The number of ether oxygens (including phenoxy) is 3. The fourth-order valence-electron chi connectivity index (χ4n) is 9.07. The van der Waals surface area contributed by atoms with Crippen molar-refractivity contribution in [2.24, 2.45) is 23.7 Å². The molecule has 2 aliphatic heterocycles. The average Bonchev–Trinajstić information content (AvgIpc) is 3.50. The first kappa shape index (κ1) is 43.9. The molecule has 0 bridgehead atoms. The number of nitrogens with zero attached hydrogens (tertiary/aromatic N) is 1. The Balaban J connectivity index is 0.000000258. The van der Waals surface area contributed by atoms with E-state index in [0.717, 1.165) is 32.8 Å². The Hall–Kier alpha value is -3.86. The lowest BCUT2D eigenvalue weighted by atomic mass is 9.67. The number of rotatable bonds is 13. The molecule has 55 heavy (non-hydrogen) atoms. The Morgan fingerprint density at radius 3 is 1.82 bits per heavy atom. The summed E-state index contributed by atoms with van der Waals surface area (Å²) in [6.45, 7) is 2.03. The van der Waals surface area contributed by atoms with Crippen LogP contribution in [0.15, 0.2) is 48.6 Å². The van der Waals surface area contributed by atoms with E-state index in [1.807, 2.05) is 18.2 Å². The lowest BCUT2D eigenvalue weighted by molar-refractivity contribution is -0.191. The first-order valence-corrected chi connectivity index (χ1v) is 18.9. The van der Waals surface area contributed by atoms with Gasteiger partial charge in [0.15, 0.2) is 11.1 Å². The van der Waals surface area contributed by atoms with Crippen LogP contribution < -0.4 is 10.1 Å². The van der Waals surface area contributed by atoms with Crippen LogP contribution in [-0.4, -0.2) is 128 Å². The summed E-state index contributed by atoms with van der Waals surface area (Å²) in [6.07, 6.45) is 9.42. The third-order valence-electron chi connectivity index (χ3n) is 12.2. The number of aliphatic hydroxyl groups is 6. The first-order valence-electron chi connectivity index (χ1n) is 18.9. The van der Waals surface area contributed by atoms with Crippen LogP contribution in [0.1, 0.15) is 70.8 Å². The monoisotopic (exact) mass is 774 g/mol. The zero-order valence-electron chi connectivity index (χ0n) is 32.3. The van der Waals surface area contributed by atoms with Gasteiger partial charge in [-0.25, -0.2) is 9.59 Å². The van der Waals surface area contributed by atoms with E-state index in [2.05, 4.69) is 5.32 Å². The van der Waals surface area contributed by atoms with Crippen LogP contribution in [0, 0.1) is 23.7 Å². The highest BCUT2D eigenvalue weighted by Gasteiger charge is 2.74. The molecule has 1 aromatic rings. The van der Waals surface area contributed by atoms with E-state index < -0.39 is 76.0 Å². The number of hydrogen-bond donors (Lipinski definition) is 7. The summed E-state index contributed by atoms with van der Waals surface area (Å²) in [4.78, 5) is 53.0. The molecule has 0 unspecified atom stereocenters. The Morgan fingerprint density at radius 2 is 1.35 bits per heavy atom. The SMILES string of the molecule is COC(=O)[C@]1([C@@H](O)[C@@H]2C=CCCC2)N(Cc2ccc(OC)cc2)C(=O)[C@H](CCO)[C@]1(C)O.COC(=O)[C@]1([C@@H](O)[C@@H]2C=CCCC2)NC(=O)[C@H](CCO)[C@]1(C)O. The van der Waals surface area contributed by atoms with E-state index in [1.54, 1.807) is 37.5 Å². The summed E-state index contributed by atoms with van der Waals surface area (Å²) in [6, 6.07) is 6.99. The molecule has 7 N–H and O–H groups in total. The summed E-state index contributed by atoms with van der Waals surface area (Å²) >= 11 is 0. The van der Waals surface area contributed by atoms with E-state index >= 15 is 0 Å². The Morgan fingerprint density at radius 1 is 0.818 bits per heavy atom. The van der Waals surface area contributed by atoms with Gasteiger partial charge in [-0.2, -0.15) is 0 Å². The van der Waals surface area contributed by atoms with Crippen LogP contribution in [-0.2, 0) is 35.2 Å².